The molecule has 64 heavy (non-hydrogen) atoms. The Morgan fingerprint density at radius 2 is 1.45 bits per heavy atom. The van der Waals surface area contributed by atoms with Crippen LogP contribution in [-0.4, -0.2) is 90.0 Å². The standard InChI is InChI=1S/C32H45N3O5.C19H26N2O2.ClH/c1-7-23(3)28(35(25-12-8-9-13-25)30(37)26-14-10-11-15-27(26)33-6)29(36)34-32(4,5)21-40-31(38)39-20-24-18-16-22(2)17-19-24;1-4-13(2)17-19(23)20(3)16-12-8-7-11-15(16)18(22)21(17)14-9-5-6-10-14;/h10-11,14-19,23,25,28,33H,7-9,12-13,20-21H2,1-6H3,(H,34,36);7-8,11-14,17H,4-6,9-10H2,1-3H3;1H. The molecule has 0 saturated heterocycles. The number of para-hydroxylation sites is 2. The van der Waals surface area contributed by atoms with E-state index in [-0.39, 0.29) is 79.2 Å². The fourth-order valence-electron chi connectivity index (χ4n) is 9.13. The molecule has 6 rings (SSSR count). The van der Waals surface area contributed by atoms with Gasteiger partial charge in [-0.25, -0.2) is 4.79 Å². The van der Waals surface area contributed by atoms with Gasteiger partial charge in [0.05, 0.1) is 22.4 Å². The minimum absolute atomic E-state index is 0. The van der Waals surface area contributed by atoms with Crippen LogP contribution in [0, 0.1) is 18.8 Å². The number of fused-ring (bicyclic) bond motifs is 1. The van der Waals surface area contributed by atoms with Gasteiger partial charge in [0, 0.05) is 31.9 Å². The lowest BCUT2D eigenvalue weighted by molar-refractivity contribution is -0.130. The number of nitrogens with zero attached hydrogens (tertiary/aromatic N) is 3. The molecule has 4 atom stereocenters. The minimum atomic E-state index is -0.876. The van der Waals surface area contributed by atoms with Crippen LogP contribution in [0.5, 0.6) is 0 Å². The van der Waals surface area contributed by atoms with Gasteiger partial charge in [0.1, 0.15) is 25.3 Å². The van der Waals surface area contributed by atoms with Gasteiger partial charge in [0.15, 0.2) is 0 Å². The number of nitrogens with one attached hydrogen (secondary N) is 2. The van der Waals surface area contributed by atoms with Crippen LogP contribution in [0.15, 0.2) is 72.8 Å². The molecular formula is C51H72ClN5O7. The van der Waals surface area contributed by atoms with E-state index < -0.39 is 17.7 Å². The molecule has 4 unspecified atom stereocenters. The van der Waals surface area contributed by atoms with Crippen LogP contribution in [0.25, 0.3) is 0 Å². The average Bonchev–Trinajstić information content (AvgIpc) is 4.02. The van der Waals surface area contributed by atoms with E-state index in [2.05, 4.69) is 24.5 Å². The molecule has 0 aromatic heterocycles. The lowest BCUT2D eigenvalue weighted by Gasteiger charge is -2.40. The number of benzene rings is 3. The molecule has 350 valence electrons. The number of halogens is 1. The van der Waals surface area contributed by atoms with Crippen molar-refractivity contribution in [3.05, 3.63) is 95.1 Å². The summed E-state index contributed by atoms with van der Waals surface area (Å²) in [4.78, 5) is 72.2. The molecule has 1 aliphatic heterocycles. The number of likely N-dealkylation sites (N-methyl/N-ethyl adjacent to an activating group) is 1. The maximum Gasteiger partial charge on any atom is 0.508 e. The predicted molar refractivity (Wildman–Crippen MR) is 256 cm³/mol. The van der Waals surface area contributed by atoms with E-state index in [1.807, 2.05) is 103 Å². The Morgan fingerprint density at radius 3 is 2.08 bits per heavy atom. The Balaban J connectivity index is 0.000000316. The number of ether oxygens (including phenoxy) is 2. The van der Waals surface area contributed by atoms with Crippen molar-refractivity contribution in [3.8, 4) is 0 Å². The molecule has 0 bridgehead atoms. The van der Waals surface area contributed by atoms with Gasteiger partial charge in [-0.1, -0.05) is 120 Å². The van der Waals surface area contributed by atoms with Crippen molar-refractivity contribution in [3.63, 3.8) is 0 Å². The maximum absolute atomic E-state index is 14.1. The Morgan fingerprint density at radius 1 is 0.844 bits per heavy atom. The number of carbonyl (C=O) groups excluding carboxylic acids is 5. The van der Waals surface area contributed by atoms with Crippen LogP contribution in [0.2, 0.25) is 0 Å². The molecule has 3 aliphatic rings. The lowest BCUT2D eigenvalue weighted by Crippen LogP contribution is -2.60. The summed E-state index contributed by atoms with van der Waals surface area (Å²) in [6.45, 7) is 13.8. The third-order valence-corrected chi connectivity index (χ3v) is 13.1. The summed E-state index contributed by atoms with van der Waals surface area (Å²) < 4.78 is 10.6. The summed E-state index contributed by atoms with van der Waals surface area (Å²) in [5, 5.41) is 6.18. The van der Waals surface area contributed by atoms with Crippen LogP contribution in [0.1, 0.15) is 138 Å². The van der Waals surface area contributed by atoms with E-state index in [0.717, 1.165) is 86.7 Å². The number of anilines is 2. The summed E-state index contributed by atoms with van der Waals surface area (Å²) in [7, 11) is 3.58. The van der Waals surface area contributed by atoms with Crippen LogP contribution in [0.3, 0.4) is 0 Å². The highest BCUT2D eigenvalue weighted by Crippen LogP contribution is 2.36. The smallest absolute Gasteiger partial charge is 0.432 e. The molecule has 2 saturated carbocycles. The molecular weight excluding hydrogens is 830 g/mol. The van der Waals surface area contributed by atoms with Crippen molar-refractivity contribution in [2.45, 2.75) is 149 Å². The van der Waals surface area contributed by atoms with Gasteiger partial charge in [0.2, 0.25) is 11.8 Å². The second-order valence-electron chi connectivity index (χ2n) is 18.4. The van der Waals surface area contributed by atoms with Gasteiger partial charge in [-0.15, -0.1) is 12.4 Å². The molecule has 13 heteroatoms. The Hall–Kier alpha value is -5.10. The third kappa shape index (κ3) is 12.6. The first kappa shape index (κ1) is 51.5. The van der Waals surface area contributed by atoms with Crippen molar-refractivity contribution in [2.24, 2.45) is 11.8 Å². The van der Waals surface area contributed by atoms with Crippen molar-refractivity contribution in [1.82, 2.24) is 15.1 Å². The summed E-state index contributed by atoms with van der Waals surface area (Å²) in [5.41, 5.74) is 3.78. The molecule has 2 N–H and O–H groups in total. The highest BCUT2D eigenvalue weighted by molar-refractivity contribution is 6.11. The topological polar surface area (TPSA) is 138 Å². The van der Waals surface area contributed by atoms with Crippen LogP contribution >= 0.6 is 12.4 Å². The molecule has 4 amide bonds. The van der Waals surface area contributed by atoms with Gasteiger partial charge in [-0.05, 0) is 88.1 Å². The first-order valence-electron chi connectivity index (χ1n) is 23.1. The first-order valence-corrected chi connectivity index (χ1v) is 23.1. The van der Waals surface area contributed by atoms with E-state index in [1.54, 1.807) is 32.8 Å². The number of rotatable bonds is 15. The SMILES string of the molecule is CCC(C)C(C(=O)NC(C)(C)COC(=O)OCc1ccc(C)cc1)N(C(=O)c1ccccc1NC)C1CCCC1.CCC(C)C1C(=O)N(C)c2ccccc2C(=O)N1C1CCCC1.Cl. The van der Waals surface area contributed by atoms with Crippen LogP contribution in [0.4, 0.5) is 16.2 Å². The van der Waals surface area contributed by atoms with Gasteiger partial charge in [0.25, 0.3) is 11.8 Å². The second-order valence-corrected chi connectivity index (χ2v) is 18.4. The molecule has 2 fully saturated rings. The van der Waals surface area contributed by atoms with Gasteiger partial charge in [-0.3, -0.25) is 19.2 Å². The largest absolute Gasteiger partial charge is 0.508 e. The minimum Gasteiger partial charge on any atom is -0.432 e. The lowest BCUT2D eigenvalue weighted by atomic mass is 9.92. The molecule has 0 radical (unpaired) electrons. The highest BCUT2D eigenvalue weighted by Gasteiger charge is 2.45. The Kier molecular flexibility index (Phi) is 19.1. The first-order chi connectivity index (χ1) is 30.1. The normalized spacial score (nSPS) is 18.0. The molecule has 2 aliphatic carbocycles. The maximum atomic E-state index is 14.1. The zero-order valence-electron chi connectivity index (χ0n) is 39.5. The van der Waals surface area contributed by atoms with Crippen molar-refractivity contribution >= 4 is 53.6 Å². The van der Waals surface area contributed by atoms with Crippen molar-refractivity contribution < 1.29 is 33.4 Å². The van der Waals surface area contributed by atoms with E-state index in [4.69, 9.17) is 9.47 Å². The summed E-state index contributed by atoms with van der Waals surface area (Å²) >= 11 is 0. The molecule has 0 spiro atoms. The fourth-order valence-corrected chi connectivity index (χ4v) is 9.13. The summed E-state index contributed by atoms with van der Waals surface area (Å²) in [6, 6.07) is 21.8. The van der Waals surface area contributed by atoms with Gasteiger partial charge < -0.3 is 34.8 Å². The molecule has 1 heterocycles. The van der Waals surface area contributed by atoms with Gasteiger partial charge in [-0.2, -0.15) is 0 Å². The number of amides is 4. The van der Waals surface area contributed by atoms with E-state index >= 15 is 0 Å². The Labute approximate surface area is 387 Å². The number of hydrogen-bond donors (Lipinski definition) is 2. The second kappa shape index (κ2) is 23.7. The number of hydrogen-bond acceptors (Lipinski definition) is 8. The highest BCUT2D eigenvalue weighted by atomic mass is 35.5. The van der Waals surface area contributed by atoms with E-state index in [0.29, 0.717) is 11.1 Å². The third-order valence-electron chi connectivity index (χ3n) is 13.1. The summed E-state index contributed by atoms with van der Waals surface area (Å²) in [5.74, 6) is -0.254. The molecule has 3 aromatic rings. The number of aryl methyl sites for hydroxylation is 1. The predicted octanol–water partition coefficient (Wildman–Crippen LogP) is 9.97. The average molecular weight is 903 g/mol. The monoisotopic (exact) mass is 902 g/mol. The van der Waals surface area contributed by atoms with Crippen molar-refractivity contribution in [2.75, 3.05) is 30.9 Å². The molecule has 3 aromatic carbocycles. The van der Waals surface area contributed by atoms with E-state index in [9.17, 15) is 24.0 Å². The van der Waals surface area contributed by atoms with Gasteiger partial charge >= 0.3 is 6.16 Å². The fraction of sp³-hybridized carbons (Fsp3) is 0.549. The van der Waals surface area contributed by atoms with Crippen LogP contribution in [-0.2, 0) is 25.7 Å². The Bertz CT molecular complexity index is 2030. The number of carbonyl (C=O) groups is 5. The quantitative estimate of drug-likeness (QED) is 0.144. The van der Waals surface area contributed by atoms with Crippen LogP contribution < -0.4 is 15.5 Å². The van der Waals surface area contributed by atoms with Crippen molar-refractivity contribution in [1.29, 1.82) is 0 Å². The molecule has 12 nitrogen and oxygen atoms in total. The zero-order valence-corrected chi connectivity index (χ0v) is 40.3. The van der Waals surface area contributed by atoms with E-state index in [1.165, 1.54) is 0 Å². The zero-order chi connectivity index (χ0) is 45.8. The summed E-state index contributed by atoms with van der Waals surface area (Å²) in [6.07, 6.45) is 8.92.